The van der Waals surface area contributed by atoms with Gasteiger partial charge in [0, 0.05) is 30.0 Å². The zero-order valence-electron chi connectivity index (χ0n) is 16.1. The van der Waals surface area contributed by atoms with Crippen LogP contribution in [0.5, 0.6) is 0 Å². The molecule has 0 aliphatic carbocycles. The molecule has 0 atom stereocenters. The molecule has 1 amide bonds. The molecular formula is C23H26N2O3. The van der Waals surface area contributed by atoms with E-state index in [1.165, 1.54) is 31.4 Å². The second kappa shape index (κ2) is 9.22. The summed E-state index contributed by atoms with van der Waals surface area (Å²) in [6.07, 6.45) is 5.78. The van der Waals surface area contributed by atoms with Gasteiger partial charge < -0.3 is 15.3 Å². The van der Waals surface area contributed by atoms with E-state index in [-0.39, 0.29) is 17.9 Å². The van der Waals surface area contributed by atoms with Crippen molar-refractivity contribution in [3.05, 3.63) is 71.3 Å². The van der Waals surface area contributed by atoms with Crippen LogP contribution in [0.4, 0.5) is 5.69 Å². The van der Waals surface area contributed by atoms with Gasteiger partial charge in [-0.15, -0.1) is 0 Å². The Balaban J connectivity index is 1.72. The zero-order valence-corrected chi connectivity index (χ0v) is 16.1. The van der Waals surface area contributed by atoms with E-state index in [0.29, 0.717) is 0 Å². The predicted octanol–water partition coefficient (Wildman–Crippen LogP) is 4.09. The first kappa shape index (κ1) is 19.7. The average molecular weight is 378 g/mol. The molecule has 1 aliphatic rings. The van der Waals surface area contributed by atoms with Crippen molar-refractivity contribution in [1.29, 1.82) is 0 Å². The topological polar surface area (TPSA) is 69.6 Å². The first-order valence-electron chi connectivity index (χ1n) is 9.71. The number of allylic oxidation sites excluding steroid dienone is 1. The molecule has 0 aromatic heterocycles. The Bertz CT molecular complexity index is 866. The molecule has 1 aliphatic heterocycles. The third-order valence-electron chi connectivity index (χ3n) is 5.02. The number of rotatable bonds is 6. The molecule has 146 valence electrons. The standard InChI is InChI=1S/C23H26N2O3/c1-2-20(19-8-4-5-9-21(19)25-14-6-3-7-15-25)24-22(26)16-17-10-12-18(13-11-17)23(27)28/h2,4-5,8-13H,3,6-7,14-16H2,1H3,(H,24,26)(H,27,28). The van der Waals surface area contributed by atoms with E-state index in [0.717, 1.165) is 35.6 Å². The number of carboxylic acids is 1. The maximum absolute atomic E-state index is 12.6. The molecule has 2 aromatic carbocycles. The van der Waals surface area contributed by atoms with E-state index < -0.39 is 5.97 Å². The van der Waals surface area contributed by atoms with Crippen LogP contribution in [0.2, 0.25) is 0 Å². The van der Waals surface area contributed by atoms with Gasteiger partial charge in [-0.2, -0.15) is 0 Å². The third kappa shape index (κ3) is 4.80. The molecule has 0 unspecified atom stereocenters. The van der Waals surface area contributed by atoms with Crippen molar-refractivity contribution >= 4 is 23.3 Å². The highest BCUT2D eigenvalue weighted by Crippen LogP contribution is 2.28. The van der Waals surface area contributed by atoms with Crippen molar-refractivity contribution in [2.75, 3.05) is 18.0 Å². The normalized spacial score (nSPS) is 14.6. The predicted molar refractivity (Wildman–Crippen MR) is 111 cm³/mol. The first-order chi connectivity index (χ1) is 13.6. The Hall–Kier alpha value is -3.08. The Morgan fingerprint density at radius 2 is 1.71 bits per heavy atom. The Morgan fingerprint density at radius 3 is 2.36 bits per heavy atom. The molecule has 5 nitrogen and oxygen atoms in total. The van der Waals surface area contributed by atoms with Gasteiger partial charge in [0.15, 0.2) is 0 Å². The summed E-state index contributed by atoms with van der Waals surface area (Å²) in [5, 5.41) is 12.0. The number of hydrogen-bond donors (Lipinski definition) is 2. The fourth-order valence-corrected chi connectivity index (χ4v) is 3.55. The SMILES string of the molecule is CC=C(NC(=O)Cc1ccc(C(=O)O)cc1)c1ccccc1N1CCCCC1. The van der Waals surface area contributed by atoms with Gasteiger partial charge in [0.05, 0.1) is 12.0 Å². The number of aromatic carboxylic acids is 1. The van der Waals surface area contributed by atoms with Crippen LogP contribution in [0.25, 0.3) is 5.70 Å². The summed E-state index contributed by atoms with van der Waals surface area (Å²) in [5.41, 5.74) is 3.98. The van der Waals surface area contributed by atoms with Crippen molar-refractivity contribution < 1.29 is 14.7 Å². The number of carbonyl (C=O) groups is 2. The van der Waals surface area contributed by atoms with Gasteiger partial charge in [-0.05, 0) is 49.9 Å². The number of para-hydroxylation sites is 1. The second-order valence-corrected chi connectivity index (χ2v) is 6.99. The minimum Gasteiger partial charge on any atom is -0.478 e. The van der Waals surface area contributed by atoms with Crippen LogP contribution in [0.15, 0.2) is 54.6 Å². The number of amides is 1. The average Bonchev–Trinajstić information content (AvgIpc) is 2.73. The van der Waals surface area contributed by atoms with Gasteiger partial charge in [-0.25, -0.2) is 4.79 Å². The largest absolute Gasteiger partial charge is 0.478 e. The summed E-state index contributed by atoms with van der Waals surface area (Å²) in [7, 11) is 0. The van der Waals surface area contributed by atoms with Crippen LogP contribution >= 0.6 is 0 Å². The number of nitrogens with one attached hydrogen (secondary N) is 1. The van der Waals surface area contributed by atoms with Gasteiger partial charge >= 0.3 is 5.97 Å². The lowest BCUT2D eigenvalue weighted by Gasteiger charge is -2.31. The summed E-state index contributed by atoms with van der Waals surface area (Å²) >= 11 is 0. The van der Waals surface area contributed by atoms with Gasteiger partial charge in [0.2, 0.25) is 5.91 Å². The van der Waals surface area contributed by atoms with E-state index in [9.17, 15) is 9.59 Å². The van der Waals surface area contributed by atoms with Crippen LogP contribution in [0.3, 0.4) is 0 Å². The second-order valence-electron chi connectivity index (χ2n) is 6.99. The van der Waals surface area contributed by atoms with Crippen molar-refractivity contribution in [2.24, 2.45) is 0 Å². The van der Waals surface area contributed by atoms with Gasteiger partial charge in [-0.1, -0.05) is 36.4 Å². The first-order valence-corrected chi connectivity index (χ1v) is 9.71. The highest BCUT2D eigenvalue weighted by Gasteiger charge is 2.17. The lowest BCUT2D eigenvalue weighted by atomic mass is 10.0. The van der Waals surface area contributed by atoms with E-state index in [1.54, 1.807) is 12.1 Å². The maximum Gasteiger partial charge on any atom is 0.335 e. The summed E-state index contributed by atoms with van der Waals surface area (Å²) < 4.78 is 0. The molecule has 5 heteroatoms. The van der Waals surface area contributed by atoms with Crippen LogP contribution in [-0.4, -0.2) is 30.1 Å². The number of carbonyl (C=O) groups excluding carboxylic acids is 1. The Labute approximate surface area is 165 Å². The van der Waals surface area contributed by atoms with E-state index in [2.05, 4.69) is 16.3 Å². The van der Waals surface area contributed by atoms with Gasteiger partial charge in [0.25, 0.3) is 0 Å². The van der Waals surface area contributed by atoms with Crippen molar-refractivity contribution in [1.82, 2.24) is 5.32 Å². The monoisotopic (exact) mass is 378 g/mol. The van der Waals surface area contributed by atoms with Crippen LogP contribution in [0.1, 0.15) is 47.7 Å². The molecular weight excluding hydrogens is 352 g/mol. The molecule has 0 radical (unpaired) electrons. The highest BCUT2D eigenvalue weighted by atomic mass is 16.4. The number of carboxylic acid groups (broad SMARTS) is 1. The molecule has 1 fully saturated rings. The molecule has 0 bridgehead atoms. The molecule has 0 saturated carbocycles. The summed E-state index contributed by atoms with van der Waals surface area (Å²) in [6, 6.07) is 14.6. The minimum absolute atomic E-state index is 0.121. The lowest BCUT2D eigenvalue weighted by Crippen LogP contribution is -2.31. The van der Waals surface area contributed by atoms with Crippen LogP contribution < -0.4 is 10.2 Å². The van der Waals surface area contributed by atoms with Crippen molar-refractivity contribution in [3.63, 3.8) is 0 Å². The van der Waals surface area contributed by atoms with E-state index in [1.807, 2.05) is 31.2 Å². The highest BCUT2D eigenvalue weighted by molar-refractivity contribution is 5.91. The van der Waals surface area contributed by atoms with Gasteiger partial charge in [-0.3, -0.25) is 4.79 Å². The van der Waals surface area contributed by atoms with Crippen molar-refractivity contribution in [2.45, 2.75) is 32.6 Å². The third-order valence-corrected chi connectivity index (χ3v) is 5.02. The molecule has 2 N–H and O–H groups in total. The summed E-state index contributed by atoms with van der Waals surface area (Å²) in [6.45, 7) is 4.00. The Morgan fingerprint density at radius 1 is 1.04 bits per heavy atom. The van der Waals surface area contributed by atoms with Gasteiger partial charge in [0.1, 0.15) is 0 Å². The zero-order chi connectivity index (χ0) is 19.9. The van der Waals surface area contributed by atoms with E-state index >= 15 is 0 Å². The molecule has 2 aromatic rings. The number of hydrogen-bond acceptors (Lipinski definition) is 3. The maximum atomic E-state index is 12.6. The Kier molecular flexibility index (Phi) is 6.48. The number of anilines is 1. The number of piperidine rings is 1. The van der Waals surface area contributed by atoms with E-state index in [4.69, 9.17) is 5.11 Å². The smallest absolute Gasteiger partial charge is 0.335 e. The van der Waals surface area contributed by atoms with Crippen molar-refractivity contribution in [3.8, 4) is 0 Å². The molecule has 1 heterocycles. The molecule has 3 rings (SSSR count). The van der Waals surface area contributed by atoms with Crippen LogP contribution in [0, 0.1) is 0 Å². The lowest BCUT2D eigenvalue weighted by molar-refractivity contribution is -0.119. The molecule has 28 heavy (non-hydrogen) atoms. The van der Waals surface area contributed by atoms with Crippen LogP contribution in [-0.2, 0) is 11.2 Å². The summed E-state index contributed by atoms with van der Waals surface area (Å²) in [4.78, 5) is 25.9. The molecule has 0 spiro atoms. The number of benzene rings is 2. The fourth-order valence-electron chi connectivity index (χ4n) is 3.55. The number of nitrogens with zero attached hydrogens (tertiary/aromatic N) is 1. The fraction of sp³-hybridized carbons (Fsp3) is 0.304. The summed E-state index contributed by atoms with van der Waals surface area (Å²) in [5.74, 6) is -1.09. The quantitative estimate of drug-likeness (QED) is 0.794. The minimum atomic E-state index is -0.971. The molecule has 1 saturated heterocycles.